The first-order chi connectivity index (χ1) is 14.6. The minimum atomic E-state index is -0.585. The fourth-order valence-electron chi connectivity index (χ4n) is 3.88. The lowest BCUT2D eigenvalue weighted by Crippen LogP contribution is -2.46. The lowest BCUT2D eigenvalue weighted by atomic mass is 10.2. The van der Waals surface area contributed by atoms with Crippen LogP contribution in [0.15, 0.2) is 30.5 Å². The van der Waals surface area contributed by atoms with Gasteiger partial charge in [0.05, 0.1) is 5.69 Å². The Hall–Kier alpha value is -2.43. The molecule has 0 bridgehead atoms. The molecule has 2 unspecified atom stereocenters. The molecule has 0 aromatic carbocycles. The van der Waals surface area contributed by atoms with Crippen molar-refractivity contribution >= 4 is 29.5 Å². The van der Waals surface area contributed by atoms with E-state index in [1.54, 1.807) is 12.1 Å². The quantitative estimate of drug-likeness (QED) is 0.333. The van der Waals surface area contributed by atoms with Gasteiger partial charge < -0.3 is 14.9 Å². The van der Waals surface area contributed by atoms with Crippen molar-refractivity contribution in [2.45, 2.75) is 32.0 Å². The Morgan fingerprint density at radius 3 is 2.93 bits per heavy atom. The van der Waals surface area contributed by atoms with Gasteiger partial charge in [0.15, 0.2) is 0 Å². The normalized spacial score (nSPS) is 20.6. The van der Waals surface area contributed by atoms with Gasteiger partial charge in [0, 0.05) is 63.6 Å². The number of carbonyl (C=O) groups is 1. The molecule has 2 aromatic rings. The second-order valence-corrected chi connectivity index (χ2v) is 8.07. The number of halogens is 1. The number of amides is 1. The van der Waals surface area contributed by atoms with Crippen LogP contribution in [-0.2, 0) is 6.54 Å². The van der Waals surface area contributed by atoms with E-state index in [2.05, 4.69) is 40.6 Å². The second-order valence-electron chi connectivity index (χ2n) is 7.37. The first-order valence-corrected chi connectivity index (χ1v) is 10.9. The molecule has 8 nitrogen and oxygen atoms in total. The SMILES string of the molecule is CCNSNc1cc(CN2CCN(c3ccc(C(=O)NC)nc3F)C3CC32)ccn1. The minimum absolute atomic E-state index is 0.0964. The molecule has 160 valence electrons. The summed E-state index contributed by atoms with van der Waals surface area (Å²) in [5.74, 6) is -0.142. The zero-order valence-corrected chi connectivity index (χ0v) is 17.9. The van der Waals surface area contributed by atoms with Crippen molar-refractivity contribution in [3.8, 4) is 0 Å². The molecular weight excluding hydrogens is 405 g/mol. The molecule has 30 heavy (non-hydrogen) atoms. The molecule has 4 rings (SSSR count). The Morgan fingerprint density at radius 1 is 1.30 bits per heavy atom. The summed E-state index contributed by atoms with van der Waals surface area (Å²) in [7, 11) is 1.51. The molecule has 2 aromatic heterocycles. The summed E-state index contributed by atoms with van der Waals surface area (Å²) >= 11 is 1.42. The highest BCUT2D eigenvalue weighted by molar-refractivity contribution is 7.98. The number of hydrogen-bond acceptors (Lipinski definition) is 8. The van der Waals surface area contributed by atoms with Crippen LogP contribution in [0.2, 0.25) is 0 Å². The van der Waals surface area contributed by atoms with Crippen LogP contribution in [0.4, 0.5) is 15.9 Å². The van der Waals surface area contributed by atoms with Gasteiger partial charge in [0.1, 0.15) is 11.5 Å². The number of rotatable bonds is 8. The molecule has 0 spiro atoms. The van der Waals surface area contributed by atoms with Crippen LogP contribution in [-0.4, -0.2) is 59.5 Å². The molecule has 10 heteroatoms. The lowest BCUT2D eigenvalue weighted by Gasteiger charge is -2.35. The summed E-state index contributed by atoms with van der Waals surface area (Å²) < 4.78 is 20.9. The average Bonchev–Trinajstić information content (AvgIpc) is 3.56. The molecule has 0 radical (unpaired) electrons. The van der Waals surface area contributed by atoms with Crippen LogP contribution in [0.5, 0.6) is 0 Å². The monoisotopic (exact) mass is 431 g/mol. The third-order valence-electron chi connectivity index (χ3n) is 5.40. The van der Waals surface area contributed by atoms with E-state index < -0.39 is 5.95 Å². The van der Waals surface area contributed by atoms with Crippen LogP contribution in [0.25, 0.3) is 0 Å². The first kappa shape index (κ1) is 20.8. The average molecular weight is 432 g/mol. The smallest absolute Gasteiger partial charge is 0.269 e. The molecule has 2 aliphatic rings. The van der Waals surface area contributed by atoms with Gasteiger partial charge in [-0.05, 0) is 36.2 Å². The van der Waals surface area contributed by atoms with Crippen LogP contribution >= 0.6 is 12.1 Å². The van der Waals surface area contributed by atoms with Gasteiger partial charge in [0.25, 0.3) is 5.91 Å². The predicted molar refractivity (Wildman–Crippen MR) is 117 cm³/mol. The topological polar surface area (TPSA) is 85.4 Å². The zero-order chi connectivity index (χ0) is 21.1. The van der Waals surface area contributed by atoms with Gasteiger partial charge in [-0.25, -0.2) is 14.7 Å². The molecule has 1 amide bonds. The van der Waals surface area contributed by atoms with E-state index in [9.17, 15) is 9.18 Å². The number of nitrogens with one attached hydrogen (secondary N) is 3. The van der Waals surface area contributed by atoms with Gasteiger partial charge in [-0.15, -0.1) is 0 Å². The summed E-state index contributed by atoms with van der Waals surface area (Å²) in [5, 5.41) is 2.47. The number of carbonyl (C=O) groups excluding carboxylic acids is 1. The van der Waals surface area contributed by atoms with Gasteiger partial charge >= 0.3 is 0 Å². The lowest BCUT2D eigenvalue weighted by molar-refractivity contribution is 0.0957. The van der Waals surface area contributed by atoms with E-state index in [0.717, 1.165) is 38.4 Å². The van der Waals surface area contributed by atoms with E-state index in [0.29, 0.717) is 11.7 Å². The van der Waals surface area contributed by atoms with Crippen LogP contribution in [0.3, 0.4) is 0 Å². The van der Waals surface area contributed by atoms with E-state index in [1.165, 1.54) is 24.7 Å². The Bertz CT molecular complexity index is 914. The molecule has 3 N–H and O–H groups in total. The highest BCUT2D eigenvalue weighted by Crippen LogP contribution is 2.40. The molecular formula is C20H26FN7OS. The number of nitrogens with zero attached hydrogens (tertiary/aromatic N) is 4. The fraction of sp³-hybridized carbons (Fsp3) is 0.450. The van der Waals surface area contributed by atoms with Gasteiger partial charge in [0.2, 0.25) is 5.95 Å². The second kappa shape index (κ2) is 9.15. The minimum Gasteiger partial charge on any atom is -0.362 e. The number of fused-ring (bicyclic) bond motifs is 1. The van der Waals surface area contributed by atoms with E-state index in [4.69, 9.17) is 0 Å². The number of pyridine rings is 2. The first-order valence-electron chi connectivity index (χ1n) is 10.1. The largest absolute Gasteiger partial charge is 0.362 e. The van der Waals surface area contributed by atoms with Crippen LogP contribution < -0.4 is 19.7 Å². The molecule has 2 fully saturated rings. The van der Waals surface area contributed by atoms with Crippen molar-refractivity contribution in [2.75, 3.05) is 36.3 Å². The molecule has 1 saturated carbocycles. The molecule has 3 heterocycles. The van der Waals surface area contributed by atoms with Crippen molar-refractivity contribution in [3.63, 3.8) is 0 Å². The molecule has 1 aliphatic heterocycles. The van der Waals surface area contributed by atoms with Gasteiger partial charge in [-0.1, -0.05) is 6.92 Å². The van der Waals surface area contributed by atoms with Crippen LogP contribution in [0.1, 0.15) is 29.4 Å². The number of hydrogen-bond donors (Lipinski definition) is 3. The summed E-state index contributed by atoms with van der Waals surface area (Å²) in [6, 6.07) is 8.03. The van der Waals surface area contributed by atoms with Crippen molar-refractivity contribution in [3.05, 3.63) is 47.7 Å². The van der Waals surface area contributed by atoms with E-state index in [1.807, 2.05) is 19.2 Å². The van der Waals surface area contributed by atoms with Crippen molar-refractivity contribution < 1.29 is 9.18 Å². The van der Waals surface area contributed by atoms with Crippen molar-refractivity contribution in [2.24, 2.45) is 0 Å². The number of aromatic nitrogens is 2. The third-order valence-corrected chi connectivity index (χ3v) is 6.15. The highest BCUT2D eigenvalue weighted by Gasteiger charge is 2.49. The van der Waals surface area contributed by atoms with Gasteiger partial charge in [-0.3, -0.25) is 9.69 Å². The summed E-state index contributed by atoms with van der Waals surface area (Å²) in [6.45, 7) is 5.33. The predicted octanol–water partition coefficient (Wildman–Crippen LogP) is 2.02. The Labute approximate surface area is 179 Å². The molecule has 1 aliphatic carbocycles. The maximum absolute atomic E-state index is 14.6. The van der Waals surface area contributed by atoms with E-state index in [-0.39, 0.29) is 17.6 Å². The zero-order valence-electron chi connectivity index (χ0n) is 17.1. The third kappa shape index (κ3) is 4.50. The van der Waals surface area contributed by atoms with Crippen LogP contribution in [0, 0.1) is 5.95 Å². The van der Waals surface area contributed by atoms with Crippen molar-refractivity contribution in [1.82, 2.24) is 24.9 Å². The summed E-state index contributed by atoms with van der Waals surface area (Å²) in [4.78, 5) is 24.4. The number of anilines is 2. The highest BCUT2D eigenvalue weighted by atomic mass is 32.2. The Morgan fingerprint density at radius 2 is 2.17 bits per heavy atom. The van der Waals surface area contributed by atoms with Crippen molar-refractivity contribution in [1.29, 1.82) is 0 Å². The summed E-state index contributed by atoms with van der Waals surface area (Å²) in [6.07, 6.45) is 2.82. The summed E-state index contributed by atoms with van der Waals surface area (Å²) in [5.41, 5.74) is 1.77. The Balaban J connectivity index is 1.38. The fourth-order valence-corrected chi connectivity index (χ4v) is 4.31. The maximum Gasteiger partial charge on any atom is 0.269 e. The standard InChI is InChI=1S/C20H26FN7OS/c1-3-24-30-26-18-10-13(6-7-23-18)12-27-8-9-28(17-11-16(17)27)15-5-4-14(20(29)22-2)25-19(15)21/h4-7,10,16-17,24H,3,8-9,11-12H2,1-2H3,(H,22,29)(H,23,26). The van der Waals surface area contributed by atoms with E-state index >= 15 is 0 Å². The Kier molecular flexibility index (Phi) is 6.35. The van der Waals surface area contributed by atoms with Gasteiger partial charge in [-0.2, -0.15) is 4.39 Å². The molecule has 1 saturated heterocycles. The number of piperazine rings is 1. The molecule has 2 atom stereocenters. The maximum atomic E-state index is 14.6.